The van der Waals surface area contributed by atoms with E-state index in [1.807, 2.05) is 36.4 Å². The van der Waals surface area contributed by atoms with Crippen molar-refractivity contribution in [3.05, 3.63) is 431 Å². The molecule has 0 bridgehead atoms. The second kappa shape index (κ2) is 28.7. The molecule has 0 aliphatic rings. The van der Waals surface area contributed by atoms with Gasteiger partial charge in [0.1, 0.15) is 0 Å². The van der Waals surface area contributed by atoms with Gasteiger partial charge in [0.25, 0.3) is 0 Å². The van der Waals surface area contributed by atoms with E-state index in [1.165, 1.54) is 5.56 Å². The number of benzene rings is 18. The third-order valence-electron chi connectivity index (χ3n) is 24.4. The summed E-state index contributed by atoms with van der Waals surface area (Å²) in [6.45, 7) is 0. The Kier molecular flexibility index (Phi) is 16.4. The van der Waals surface area contributed by atoms with Crippen LogP contribution >= 0.6 is 0 Å². The van der Waals surface area contributed by atoms with Crippen molar-refractivity contribution in [1.82, 2.24) is 43.2 Å². The fourth-order valence-electron chi connectivity index (χ4n) is 18.9. The van der Waals surface area contributed by atoms with Gasteiger partial charge >= 0.3 is 0 Å². The lowest BCUT2D eigenvalue weighted by atomic mass is 9.95. The van der Waals surface area contributed by atoms with Gasteiger partial charge in [-0.15, -0.1) is 0 Å². The molecule has 24 rings (SSSR count). The Balaban J connectivity index is 0.725. The molecule has 6 heterocycles. The molecule has 6 aromatic heterocycles. The lowest BCUT2D eigenvalue weighted by molar-refractivity contribution is 1.08. The molecule has 0 saturated carbocycles. The third kappa shape index (κ3) is 11.6. The number of fused-ring (bicyclic) bond motifs is 15. The lowest BCUT2D eigenvalue weighted by Crippen LogP contribution is -2.01. The first-order valence-corrected chi connectivity index (χ1v) is 41.4. The Labute approximate surface area is 702 Å². The molecule has 0 atom stereocenters. The van der Waals surface area contributed by atoms with Crippen LogP contribution in [0.1, 0.15) is 0 Å². The van der Waals surface area contributed by atoms with E-state index in [1.54, 1.807) is 0 Å². The van der Waals surface area contributed by atoms with Crippen molar-refractivity contribution in [3.8, 4) is 135 Å². The van der Waals surface area contributed by atoms with E-state index < -0.39 is 0 Å². The van der Waals surface area contributed by atoms with Crippen LogP contribution < -0.4 is 0 Å². The molecule has 0 radical (unpaired) electrons. The monoisotopic (exact) mass is 1550 g/mol. The average Bonchev–Trinajstić information content (AvgIpc) is 1.54. The first kappa shape index (κ1) is 69.8. The molecule has 0 fully saturated rings. The van der Waals surface area contributed by atoms with Crippen molar-refractivity contribution in [2.45, 2.75) is 0 Å². The second-order valence-corrected chi connectivity index (χ2v) is 31.4. The quantitative estimate of drug-likeness (QED) is 0.108. The number of para-hydroxylation sites is 3. The first-order chi connectivity index (χ1) is 60.5. The van der Waals surface area contributed by atoms with Crippen molar-refractivity contribution < 1.29 is 0 Å². The van der Waals surface area contributed by atoms with Gasteiger partial charge in [0.2, 0.25) is 0 Å². The Morgan fingerprint density at radius 1 is 0.156 bits per heavy atom. The molecule has 0 saturated heterocycles. The molecule has 122 heavy (non-hydrogen) atoms. The molecular formula is C113H71N9. The first-order valence-electron chi connectivity index (χ1n) is 41.4. The molecule has 24 aromatic rings. The Morgan fingerprint density at radius 2 is 0.516 bits per heavy atom. The zero-order valence-electron chi connectivity index (χ0n) is 66.0. The Morgan fingerprint density at radius 3 is 1.05 bits per heavy atom. The third-order valence-corrected chi connectivity index (χ3v) is 24.4. The molecule has 9 heteroatoms. The minimum atomic E-state index is 0.562. The van der Waals surface area contributed by atoms with E-state index >= 15 is 0 Å². The van der Waals surface area contributed by atoms with Crippen LogP contribution in [0.25, 0.3) is 233 Å². The molecular weight excluding hydrogens is 1480 g/mol. The summed E-state index contributed by atoms with van der Waals surface area (Å²) in [4.78, 5) is 27.5. The normalized spacial score (nSPS) is 11.8. The smallest absolute Gasteiger partial charge is 0.164 e. The summed E-state index contributed by atoms with van der Waals surface area (Å²) < 4.78 is 9.91. The number of nitrogens with zero attached hydrogens (tertiary/aromatic N) is 9. The van der Waals surface area contributed by atoms with Crippen LogP contribution in [0.3, 0.4) is 0 Å². The number of aromatic nitrogens is 9. The number of rotatable bonds is 14. The van der Waals surface area contributed by atoms with Crippen molar-refractivity contribution >= 4 is 98.1 Å². The minimum Gasteiger partial charge on any atom is -0.309 e. The van der Waals surface area contributed by atoms with Gasteiger partial charge in [0.05, 0.1) is 55.3 Å². The predicted octanol–water partition coefficient (Wildman–Crippen LogP) is 28.9. The van der Waals surface area contributed by atoms with Gasteiger partial charge in [-0.2, -0.15) is 0 Å². The van der Waals surface area contributed by atoms with Crippen LogP contribution in [0.2, 0.25) is 0 Å². The Hall–Kier alpha value is -16.5. The SMILES string of the molecule is c1ccc(-c2ccc(-n3c4cccc(-c5nc(-c6ccccc6)c6ccccc6n5)c4c4ccc5c(c6ccccc6n5-c5cccc(-c6cccc(-c7cc(-c8nc(-c9ccccc9)nc(-c9ccccc9)n8)c8c9ccc%10c(c%11ccccc%11n%10-c%10cccc(-c%11ccccc%11)c%10)c9n(-c9cccc(-c%10ccccc%10)c9)c8c7)c6)c5)c43)cc2)cc1. The van der Waals surface area contributed by atoms with Crippen LogP contribution in [0, 0.1) is 0 Å². The number of hydrogen-bond acceptors (Lipinski definition) is 5. The largest absolute Gasteiger partial charge is 0.309 e. The van der Waals surface area contributed by atoms with Gasteiger partial charge in [-0.25, -0.2) is 24.9 Å². The predicted molar refractivity (Wildman–Crippen MR) is 505 cm³/mol. The molecule has 0 amide bonds. The summed E-state index contributed by atoms with van der Waals surface area (Å²) in [7, 11) is 0. The van der Waals surface area contributed by atoms with Crippen molar-refractivity contribution in [2.75, 3.05) is 0 Å². The fraction of sp³-hybridized carbons (Fsp3) is 0. The molecule has 0 spiro atoms. The zero-order chi connectivity index (χ0) is 80.3. The topological polar surface area (TPSA) is 84.2 Å². The fourth-order valence-corrected chi connectivity index (χ4v) is 18.9. The zero-order valence-corrected chi connectivity index (χ0v) is 66.0. The lowest BCUT2D eigenvalue weighted by Gasteiger charge is -2.15. The molecule has 9 nitrogen and oxygen atoms in total. The van der Waals surface area contributed by atoms with Crippen LogP contribution in [-0.2, 0) is 0 Å². The highest BCUT2D eigenvalue weighted by molar-refractivity contribution is 6.30. The van der Waals surface area contributed by atoms with Crippen LogP contribution in [0.5, 0.6) is 0 Å². The van der Waals surface area contributed by atoms with Crippen molar-refractivity contribution in [2.24, 2.45) is 0 Å². The van der Waals surface area contributed by atoms with Crippen LogP contribution in [-0.4, -0.2) is 43.2 Å². The van der Waals surface area contributed by atoms with Gasteiger partial charge in [-0.3, -0.25) is 0 Å². The summed E-state index contributed by atoms with van der Waals surface area (Å²) in [6, 6.07) is 155. The van der Waals surface area contributed by atoms with Crippen molar-refractivity contribution in [3.63, 3.8) is 0 Å². The molecule has 0 aliphatic carbocycles. The Bertz CT molecular complexity index is 8220. The molecule has 0 N–H and O–H groups in total. The van der Waals surface area contributed by atoms with Gasteiger partial charge in [0.15, 0.2) is 23.3 Å². The maximum absolute atomic E-state index is 5.61. The summed E-state index contributed by atoms with van der Waals surface area (Å²) in [6.07, 6.45) is 0. The van der Waals surface area contributed by atoms with Gasteiger partial charge in [0, 0.05) is 99.0 Å². The number of hydrogen-bond donors (Lipinski definition) is 0. The highest BCUT2D eigenvalue weighted by Crippen LogP contribution is 2.50. The highest BCUT2D eigenvalue weighted by atomic mass is 15.1. The molecule has 0 aliphatic heterocycles. The van der Waals surface area contributed by atoms with E-state index in [4.69, 9.17) is 24.9 Å². The van der Waals surface area contributed by atoms with E-state index in [9.17, 15) is 0 Å². The van der Waals surface area contributed by atoms with Gasteiger partial charge < -0.3 is 18.3 Å². The van der Waals surface area contributed by atoms with Crippen LogP contribution in [0.4, 0.5) is 0 Å². The van der Waals surface area contributed by atoms with E-state index in [-0.39, 0.29) is 0 Å². The molecule has 568 valence electrons. The maximum atomic E-state index is 5.61. The average molecular weight is 1550 g/mol. The minimum absolute atomic E-state index is 0.562. The highest BCUT2D eigenvalue weighted by Gasteiger charge is 2.29. The molecule has 0 unspecified atom stereocenters. The standard InChI is InChI=1S/C113H71N9/c1-7-30-72(31-8-1)75-58-60-85(61-59-75)121-99-57-29-53-94(112-114-96-54-22-19-50-89(96)107(115-112)76-36-13-4-14-37-76)103(99)92-62-64-100-105(108(92)121)90-51-20-23-55-97(90)120(100)87-48-28-46-83(69-87)79-42-25-43-80(66-79)84-70-95(113-117-110(77-38-15-5-16-39-77)116-111(118-113)78-40-17-6-18-41-78)104-93-63-65-101-106(109(93)122(102(104)71-84)88-49-27-45-82(68-88)74-34-11-3-12-35-74)91-52-21-24-56-98(91)119(101)86-47-26-44-81(67-86)73-32-9-2-10-33-73/h1-71H. The molecule has 18 aromatic carbocycles. The van der Waals surface area contributed by atoms with Crippen LogP contribution in [0.15, 0.2) is 431 Å². The van der Waals surface area contributed by atoms with E-state index in [0.29, 0.717) is 23.3 Å². The maximum Gasteiger partial charge on any atom is 0.164 e. The van der Waals surface area contributed by atoms with E-state index in [2.05, 4.69) is 413 Å². The summed E-state index contributed by atoms with van der Waals surface area (Å²) in [5, 5.41) is 9.84. The summed E-state index contributed by atoms with van der Waals surface area (Å²) in [5.41, 5.74) is 30.2. The summed E-state index contributed by atoms with van der Waals surface area (Å²) in [5.74, 6) is 2.40. The van der Waals surface area contributed by atoms with Crippen molar-refractivity contribution in [1.29, 1.82) is 0 Å². The second-order valence-electron chi connectivity index (χ2n) is 31.4. The van der Waals surface area contributed by atoms with E-state index in [0.717, 1.165) is 204 Å². The van der Waals surface area contributed by atoms with Gasteiger partial charge in [-0.1, -0.05) is 328 Å². The van der Waals surface area contributed by atoms with Gasteiger partial charge in [-0.05, 0) is 159 Å². The summed E-state index contributed by atoms with van der Waals surface area (Å²) >= 11 is 0.